The zero-order chi connectivity index (χ0) is 16.4. The van der Waals surface area contributed by atoms with Gasteiger partial charge in [-0.05, 0) is 55.5 Å². The maximum absolute atomic E-state index is 12.9. The summed E-state index contributed by atoms with van der Waals surface area (Å²) in [6.07, 6.45) is 0. The molecule has 0 aliphatic carbocycles. The number of carbonyl (C=O) groups excluding carboxylic acids is 1. The Morgan fingerprint density at radius 2 is 1.87 bits per heavy atom. The molecule has 5 heteroatoms. The number of methoxy groups -OCH3 is 1. The van der Waals surface area contributed by atoms with E-state index in [1.165, 1.54) is 24.3 Å². The molecule has 4 nitrogen and oxygen atoms in total. The highest BCUT2D eigenvalue weighted by molar-refractivity contribution is 6.06. The summed E-state index contributed by atoms with van der Waals surface area (Å²) in [5.41, 5.74) is 2.42. The average molecular weight is 310 g/mol. The molecule has 0 fully saturated rings. The van der Waals surface area contributed by atoms with Crippen LogP contribution in [0, 0.1) is 12.7 Å². The number of hydrogen-bond donors (Lipinski definition) is 1. The van der Waals surface area contributed by atoms with E-state index in [0.717, 1.165) is 10.9 Å². The van der Waals surface area contributed by atoms with Crippen molar-refractivity contribution in [1.82, 2.24) is 4.98 Å². The average Bonchev–Trinajstić information content (AvgIpc) is 2.55. The number of pyridine rings is 1. The molecular weight excluding hydrogens is 295 g/mol. The fraction of sp³-hybridized carbons (Fsp3) is 0.111. The van der Waals surface area contributed by atoms with Gasteiger partial charge in [0.25, 0.3) is 5.91 Å². The van der Waals surface area contributed by atoms with Crippen LogP contribution in [0.2, 0.25) is 0 Å². The summed E-state index contributed by atoms with van der Waals surface area (Å²) in [4.78, 5) is 16.9. The number of halogens is 1. The topological polar surface area (TPSA) is 51.2 Å². The van der Waals surface area contributed by atoms with Gasteiger partial charge < -0.3 is 10.1 Å². The summed E-state index contributed by atoms with van der Waals surface area (Å²) in [6.45, 7) is 1.78. The zero-order valence-corrected chi connectivity index (χ0v) is 12.8. The standard InChI is InChI=1S/C18H15FN2O2/c1-11-16(18(22)21-14-5-3-13(19)4-6-14)10-12-9-15(23-2)7-8-17(12)20-11/h3-10H,1-2H3,(H,21,22). The number of nitrogens with one attached hydrogen (secondary N) is 1. The second kappa shape index (κ2) is 6.04. The SMILES string of the molecule is COc1ccc2nc(C)c(C(=O)Nc3ccc(F)cc3)cc2c1. The molecule has 116 valence electrons. The molecule has 0 unspecified atom stereocenters. The van der Waals surface area contributed by atoms with Crippen LogP contribution in [0.4, 0.5) is 10.1 Å². The second-order valence-corrected chi connectivity index (χ2v) is 5.14. The molecule has 3 rings (SSSR count). The smallest absolute Gasteiger partial charge is 0.257 e. The van der Waals surface area contributed by atoms with Crippen LogP contribution in [0.5, 0.6) is 5.75 Å². The van der Waals surface area contributed by atoms with Gasteiger partial charge in [0.2, 0.25) is 0 Å². The predicted molar refractivity (Wildman–Crippen MR) is 87.4 cm³/mol. The van der Waals surface area contributed by atoms with Crippen LogP contribution >= 0.6 is 0 Å². The molecule has 2 aromatic carbocycles. The third-order valence-electron chi connectivity index (χ3n) is 3.56. The number of anilines is 1. The molecule has 23 heavy (non-hydrogen) atoms. The van der Waals surface area contributed by atoms with Crippen LogP contribution in [-0.2, 0) is 0 Å². The molecule has 3 aromatic rings. The lowest BCUT2D eigenvalue weighted by Gasteiger charge is -2.09. The van der Waals surface area contributed by atoms with Crippen molar-refractivity contribution in [1.29, 1.82) is 0 Å². The van der Waals surface area contributed by atoms with E-state index in [2.05, 4.69) is 10.3 Å². The van der Waals surface area contributed by atoms with Crippen LogP contribution in [0.15, 0.2) is 48.5 Å². The van der Waals surface area contributed by atoms with Crippen molar-refractivity contribution in [3.8, 4) is 5.75 Å². The van der Waals surface area contributed by atoms with Gasteiger partial charge in [0.1, 0.15) is 11.6 Å². The fourth-order valence-electron chi connectivity index (χ4n) is 2.34. The van der Waals surface area contributed by atoms with Gasteiger partial charge >= 0.3 is 0 Å². The first-order valence-electron chi connectivity index (χ1n) is 7.09. The van der Waals surface area contributed by atoms with E-state index in [1.807, 2.05) is 18.2 Å². The van der Waals surface area contributed by atoms with Gasteiger partial charge in [-0.25, -0.2) is 4.39 Å². The van der Waals surface area contributed by atoms with E-state index in [-0.39, 0.29) is 11.7 Å². The minimum Gasteiger partial charge on any atom is -0.497 e. The molecule has 1 amide bonds. The molecule has 0 aliphatic rings. The van der Waals surface area contributed by atoms with E-state index in [0.29, 0.717) is 22.7 Å². The Balaban J connectivity index is 1.95. The Morgan fingerprint density at radius 3 is 2.57 bits per heavy atom. The van der Waals surface area contributed by atoms with E-state index in [1.54, 1.807) is 20.1 Å². The Labute approximate surface area is 132 Å². The molecule has 0 saturated heterocycles. The maximum atomic E-state index is 12.9. The number of aromatic nitrogens is 1. The van der Waals surface area contributed by atoms with Crippen molar-refractivity contribution in [2.24, 2.45) is 0 Å². The van der Waals surface area contributed by atoms with Crippen molar-refractivity contribution < 1.29 is 13.9 Å². The van der Waals surface area contributed by atoms with Crippen molar-refractivity contribution in [3.05, 3.63) is 65.6 Å². The zero-order valence-electron chi connectivity index (χ0n) is 12.8. The number of benzene rings is 2. The third kappa shape index (κ3) is 3.13. The lowest BCUT2D eigenvalue weighted by atomic mass is 10.1. The lowest BCUT2D eigenvalue weighted by molar-refractivity contribution is 0.102. The largest absolute Gasteiger partial charge is 0.497 e. The number of amides is 1. The van der Waals surface area contributed by atoms with Gasteiger partial charge in [-0.15, -0.1) is 0 Å². The van der Waals surface area contributed by atoms with Crippen molar-refractivity contribution in [3.63, 3.8) is 0 Å². The van der Waals surface area contributed by atoms with Gasteiger partial charge in [-0.3, -0.25) is 9.78 Å². The number of rotatable bonds is 3. The lowest BCUT2D eigenvalue weighted by Crippen LogP contribution is -2.14. The van der Waals surface area contributed by atoms with Crippen molar-refractivity contribution >= 4 is 22.5 Å². The summed E-state index contributed by atoms with van der Waals surface area (Å²) in [5, 5.41) is 3.56. The molecular formula is C18H15FN2O2. The number of aryl methyl sites for hydroxylation is 1. The first-order chi connectivity index (χ1) is 11.1. The van der Waals surface area contributed by atoms with Crippen LogP contribution < -0.4 is 10.1 Å². The number of fused-ring (bicyclic) bond motifs is 1. The quantitative estimate of drug-likeness (QED) is 0.797. The van der Waals surface area contributed by atoms with Gasteiger partial charge in [0, 0.05) is 11.1 Å². The van der Waals surface area contributed by atoms with Gasteiger partial charge in [-0.2, -0.15) is 0 Å². The summed E-state index contributed by atoms with van der Waals surface area (Å²) in [6, 6.07) is 12.9. The Kier molecular flexibility index (Phi) is 3.93. The molecule has 0 bridgehead atoms. The molecule has 1 aromatic heterocycles. The van der Waals surface area contributed by atoms with Crippen molar-refractivity contribution in [2.45, 2.75) is 6.92 Å². The monoisotopic (exact) mass is 310 g/mol. The maximum Gasteiger partial charge on any atom is 0.257 e. The van der Waals surface area contributed by atoms with E-state index >= 15 is 0 Å². The van der Waals surface area contributed by atoms with Crippen LogP contribution in [0.1, 0.15) is 16.1 Å². The van der Waals surface area contributed by atoms with Crippen LogP contribution in [0.25, 0.3) is 10.9 Å². The molecule has 0 atom stereocenters. The van der Waals surface area contributed by atoms with E-state index in [4.69, 9.17) is 4.74 Å². The van der Waals surface area contributed by atoms with Gasteiger partial charge in [0.05, 0.1) is 23.9 Å². The Morgan fingerprint density at radius 1 is 1.13 bits per heavy atom. The summed E-state index contributed by atoms with van der Waals surface area (Å²) in [7, 11) is 1.59. The highest BCUT2D eigenvalue weighted by Crippen LogP contribution is 2.22. The number of ether oxygens (including phenoxy) is 1. The van der Waals surface area contributed by atoms with Gasteiger partial charge in [0.15, 0.2) is 0 Å². The van der Waals surface area contributed by atoms with E-state index in [9.17, 15) is 9.18 Å². The first kappa shape index (κ1) is 15.0. The van der Waals surface area contributed by atoms with Crippen LogP contribution in [-0.4, -0.2) is 18.0 Å². The summed E-state index contributed by atoms with van der Waals surface area (Å²) < 4.78 is 18.1. The van der Waals surface area contributed by atoms with E-state index < -0.39 is 0 Å². The highest BCUT2D eigenvalue weighted by atomic mass is 19.1. The Hall–Kier alpha value is -2.95. The fourth-order valence-corrected chi connectivity index (χ4v) is 2.34. The normalized spacial score (nSPS) is 10.6. The predicted octanol–water partition coefficient (Wildman–Crippen LogP) is 3.94. The highest BCUT2D eigenvalue weighted by Gasteiger charge is 2.12. The molecule has 1 heterocycles. The molecule has 0 aliphatic heterocycles. The minimum absolute atomic E-state index is 0.286. The summed E-state index contributed by atoms with van der Waals surface area (Å²) >= 11 is 0. The number of carbonyl (C=O) groups is 1. The van der Waals surface area contributed by atoms with Crippen molar-refractivity contribution in [2.75, 3.05) is 12.4 Å². The minimum atomic E-state index is -0.348. The van der Waals surface area contributed by atoms with Crippen LogP contribution in [0.3, 0.4) is 0 Å². The third-order valence-corrected chi connectivity index (χ3v) is 3.56. The number of hydrogen-bond acceptors (Lipinski definition) is 3. The number of nitrogens with zero attached hydrogens (tertiary/aromatic N) is 1. The molecule has 0 spiro atoms. The Bertz CT molecular complexity index is 876. The molecule has 0 saturated carbocycles. The molecule has 1 N–H and O–H groups in total. The molecule has 0 radical (unpaired) electrons. The summed E-state index contributed by atoms with van der Waals surface area (Å²) in [5.74, 6) is 0.0676. The first-order valence-corrected chi connectivity index (χ1v) is 7.09. The second-order valence-electron chi connectivity index (χ2n) is 5.14. The van der Waals surface area contributed by atoms with Gasteiger partial charge in [-0.1, -0.05) is 0 Å².